The Balaban J connectivity index is 1.95. The summed E-state index contributed by atoms with van der Waals surface area (Å²) in [4.78, 5) is 11.8. The third-order valence-corrected chi connectivity index (χ3v) is 5.40. The molecule has 11 nitrogen and oxygen atoms in total. The molecule has 2 N–H and O–H groups in total. The fourth-order valence-electron chi connectivity index (χ4n) is 2.24. The number of rotatable bonds is 3. The normalized spacial score (nSPS) is 23.2. The molecule has 0 aromatic rings. The molecule has 0 spiro atoms. The van der Waals surface area contributed by atoms with Gasteiger partial charge in [0, 0.05) is 39.3 Å². The molecule has 12 heteroatoms. The van der Waals surface area contributed by atoms with Gasteiger partial charge >= 0.3 is 0 Å². The van der Waals surface area contributed by atoms with Gasteiger partial charge in [-0.05, 0) is 0 Å². The fourth-order valence-corrected chi connectivity index (χ4v) is 3.80. The second-order valence-electron chi connectivity index (χ2n) is 4.60. The van der Waals surface area contributed by atoms with Crippen LogP contribution in [0.15, 0.2) is 5.10 Å². The Kier molecular flexibility index (Phi) is 4.92. The number of nitrogens with zero attached hydrogens (tertiary/aromatic N) is 5. The van der Waals surface area contributed by atoms with Crippen LogP contribution in [0.5, 0.6) is 0 Å². The van der Waals surface area contributed by atoms with E-state index in [1.165, 1.54) is 13.5 Å². The first-order valence-electron chi connectivity index (χ1n) is 6.47. The third kappa shape index (κ3) is 3.78. The summed E-state index contributed by atoms with van der Waals surface area (Å²) < 4.78 is 32.7. The average molecular weight is 322 g/mol. The predicted octanol–water partition coefficient (Wildman–Crippen LogP) is -2.31. The Morgan fingerprint density at radius 3 is 2.14 bits per heavy atom. The van der Waals surface area contributed by atoms with Crippen LogP contribution >= 0.6 is 0 Å². The van der Waals surface area contributed by atoms with Gasteiger partial charge in [-0.25, -0.2) is 10.1 Å². The Labute approximate surface area is 122 Å². The Hall–Kier alpha value is -1.50. The van der Waals surface area contributed by atoms with Crippen molar-refractivity contribution in [3.05, 3.63) is 10.1 Å². The molecule has 0 aromatic heterocycles. The Bertz CT molecular complexity index is 509. The number of hydrazone groups is 1. The third-order valence-electron chi connectivity index (χ3n) is 3.37. The standard InChI is InChI=1S/C9H18N6O5S/c10-9(11-15(16)17)12-1-3-13(4-2-12)21(18,19)14-5-7-20-8-6-14/h1-8H2,(H2,10,11). The lowest BCUT2D eigenvalue weighted by atomic mass is 10.4. The average Bonchev–Trinajstić information content (AvgIpc) is 2.47. The van der Waals surface area contributed by atoms with Crippen LogP contribution in [0.4, 0.5) is 0 Å². The van der Waals surface area contributed by atoms with Crippen LogP contribution in [0.25, 0.3) is 0 Å². The highest BCUT2D eigenvalue weighted by molar-refractivity contribution is 7.86. The van der Waals surface area contributed by atoms with Crippen LogP contribution in [0.1, 0.15) is 0 Å². The largest absolute Gasteiger partial charge is 0.379 e. The van der Waals surface area contributed by atoms with Gasteiger partial charge < -0.3 is 15.4 Å². The zero-order valence-electron chi connectivity index (χ0n) is 11.4. The van der Waals surface area contributed by atoms with Gasteiger partial charge in [0.05, 0.1) is 13.2 Å². The molecule has 21 heavy (non-hydrogen) atoms. The molecule has 0 radical (unpaired) electrons. The quantitative estimate of drug-likeness (QED) is 0.267. The van der Waals surface area contributed by atoms with Gasteiger partial charge in [0.25, 0.3) is 16.2 Å². The summed E-state index contributed by atoms with van der Waals surface area (Å²) in [6.07, 6.45) is 0. The second-order valence-corrected chi connectivity index (χ2v) is 6.53. The first-order chi connectivity index (χ1) is 9.91. The van der Waals surface area contributed by atoms with Gasteiger partial charge in [-0.1, -0.05) is 0 Å². The van der Waals surface area contributed by atoms with Crippen molar-refractivity contribution < 1.29 is 18.2 Å². The maximum absolute atomic E-state index is 12.4. The van der Waals surface area contributed by atoms with Gasteiger partial charge in [-0.2, -0.15) is 17.0 Å². The van der Waals surface area contributed by atoms with Gasteiger partial charge in [0.2, 0.25) is 0 Å². The van der Waals surface area contributed by atoms with Gasteiger partial charge in [-0.15, -0.1) is 0 Å². The monoisotopic (exact) mass is 322 g/mol. The number of ether oxygens (including phenoxy) is 1. The molecule has 0 bridgehead atoms. The van der Waals surface area contributed by atoms with E-state index in [0.717, 1.165) is 0 Å². The fraction of sp³-hybridized carbons (Fsp3) is 0.889. The maximum Gasteiger partial charge on any atom is 0.282 e. The molecule has 2 fully saturated rings. The summed E-state index contributed by atoms with van der Waals surface area (Å²) in [6, 6.07) is 0. The number of morpholine rings is 1. The molecule has 2 heterocycles. The van der Waals surface area contributed by atoms with Gasteiger partial charge in [0.1, 0.15) is 5.10 Å². The number of nitrogens with two attached hydrogens (primary N) is 1. The van der Waals surface area contributed by atoms with Crippen molar-refractivity contribution in [2.75, 3.05) is 52.5 Å². The zero-order valence-corrected chi connectivity index (χ0v) is 12.2. The summed E-state index contributed by atoms with van der Waals surface area (Å²) >= 11 is 0. The molecule has 2 aliphatic rings. The minimum Gasteiger partial charge on any atom is -0.379 e. The van der Waals surface area contributed by atoms with Crippen molar-refractivity contribution in [1.82, 2.24) is 13.5 Å². The Morgan fingerprint density at radius 1 is 1.10 bits per heavy atom. The molecule has 2 saturated heterocycles. The summed E-state index contributed by atoms with van der Waals surface area (Å²) in [5.41, 5.74) is 5.49. The minimum absolute atomic E-state index is 0.205. The first-order valence-corrected chi connectivity index (χ1v) is 7.87. The molecule has 0 atom stereocenters. The molecule has 2 rings (SSSR count). The molecule has 0 amide bonds. The van der Waals surface area contributed by atoms with Gasteiger partial charge in [-0.3, -0.25) is 0 Å². The lowest BCUT2D eigenvalue weighted by Gasteiger charge is -2.37. The summed E-state index contributed by atoms with van der Waals surface area (Å²) in [7, 11) is -3.51. The van der Waals surface area contributed by atoms with Crippen LogP contribution in [0.2, 0.25) is 0 Å². The summed E-state index contributed by atoms with van der Waals surface area (Å²) in [5, 5.41) is 12.4. The Morgan fingerprint density at radius 2 is 1.62 bits per heavy atom. The van der Waals surface area contributed by atoms with E-state index in [0.29, 0.717) is 26.3 Å². The van der Waals surface area contributed by atoms with Crippen molar-refractivity contribution >= 4 is 16.2 Å². The van der Waals surface area contributed by atoms with E-state index in [1.54, 1.807) is 0 Å². The molecular weight excluding hydrogens is 304 g/mol. The number of hydrogen-bond donors (Lipinski definition) is 1. The molecule has 120 valence electrons. The zero-order chi connectivity index (χ0) is 15.5. The van der Waals surface area contributed by atoms with E-state index in [4.69, 9.17) is 10.5 Å². The molecule has 0 unspecified atom stereocenters. The van der Waals surface area contributed by atoms with Crippen LogP contribution in [0, 0.1) is 10.1 Å². The van der Waals surface area contributed by atoms with Crippen molar-refractivity contribution in [3.8, 4) is 0 Å². The van der Waals surface area contributed by atoms with E-state index >= 15 is 0 Å². The topological polar surface area (TPSA) is 135 Å². The van der Waals surface area contributed by atoms with E-state index < -0.39 is 15.2 Å². The highest BCUT2D eigenvalue weighted by Gasteiger charge is 2.33. The number of guanidine groups is 1. The molecular formula is C9H18N6O5S. The number of nitro groups is 1. The van der Waals surface area contributed by atoms with E-state index in [2.05, 4.69) is 5.10 Å². The van der Waals surface area contributed by atoms with Crippen LogP contribution in [0.3, 0.4) is 0 Å². The van der Waals surface area contributed by atoms with Crippen molar-refractivity contribution in [2.45, 2.75) is 0 Å². The van der Waals surface area contributed by atoms with E-state index in [9.17, 15) is 18.5 Å². The maximum atomic E-state index is 12.4. The van der Waals surface area contributed by atoms with Crippen molar-refractivity contribution in [2.24, 2.45) is 10.8 Å². The number of hydrogen-bond acceptors (Lipinski definition) is 5. The molecule has 2 aliphatic heterocycles. The lowest BCUT2D eigenvalue weighted by Crippen LogP contribution is -2.56. The number of piperazine rings is 1. The summed E-state index contributed by atoms with van der Waals surface area (Å²) in [6.45, 7) is 2.44. The lowest BCUT2D eigenvalue weighted by molar-refractivity contribution is -0.485. The molecule has 0 saturated carbocycles. The molecule has 0 aliphatic carbocycles. The van der Waals surface area contributed by atoms with Gasteiger partial charge in [0.15, 0.2) is 5.03 Å². The van der Waals surface area contributed by atoms with Crippen LogP contribution in [-0.2, 0) is 14.9 Å². The highest BCUT2D eigenvalue weighted by atomic mass is 32.2. The molecule has 0 aromatic carbocycles. The van der Waals surface area contributed by atoms with Crippen molar-refractivity contribution in [3.63, 3.8) is 0 Å². The van der Waals surface area contributed by atoms with E-state index in [-0.39, 0.29) is 32.1 Å². The second kappa shape index (κ2) is 6.51. The predicted molar refractivity (Wildman–Crippen MR) is 73.1 cm³/mol. The van der Waals surface area contributed by atoms with Crippen LogP contribution in [-0.4, -0.2) is 85.4 Å². The first kappa shape index (κ1) is 15.9. The summed E-state index contributed by atoms with van der Waals surface area (Å²) in [5.74, 6) is -0.205. The van der Waals surface area contributed by atoms with Crippen molar-refractivity contribution in [1.29, 1.82) is 0 Å². The highest BCUT2D eigenvalue weighted by Crippen LogP contribution is 2.13. The SMILES string of the molecule is N/C(=N/[N+](=O)[O-])N1CCN(S(=O)(=O)N2CCOCC2)CC1. The van der Waals surface area contributed by atoms with Crippen LogP contribution < -0.4 is 5.73 Å². The minimum atomic E-state index is -3.51. The smallest absolute Gasteiger partial charge is 0.282 e. The van der Waals surface area contributed by atoms with E-state index in [1.807, 2.05) is 0 Å².